The number of methoxy groups -OCH3 is 1. The molecule has 1 fully saturated rings. The van der Waals surface area contributed by atoms with Gasteiger partial charge >= 0.3 is 0 Å². The van der Waals surface area contributed by atoms with Crippen LogP contribution in [0.2, 0.25) is 5.02 Å². The zero-order valence-corrected chi connectivity index (χ0v) is 9.90. The number of ether oxygens (including phenoxy) is 1. The molecule has 82 valence electrons. The first-order chi connectivity index (χ1) is 7.24. The fourth-order valence-electron chi connectivity index (χ4n) is 2.14. The van der Waals surface area contributed by atoms with Gasteiger partial charge in [-0.2, -0.15) is 0 Å². The monoisotopic (exact) mass is 225 g/mol. The van der Waals surface area contributed by atoms with Crippen molar-refractivity contribution in [1.29, 1.82) is 0 Å². The fraction of sp³-hybridized carbons (Fsp3) is 0.500. The van der Waals surface area contributed by atoms with E-state index in [0.29, 0.717) is 5.92 Å². The molecule has 2 nitrogen and oxygen atoms in total. The molecule has 1 aromatic carbocycles. The average molecular weight is 226 g/mol. The Hall–Kier alpha value is -0.730. The molecule has 1 saturated heterocycles. The SMILES string of the molecule is COc1ccc(C)c(Cl)c1C1CCNC1. The lowest BCUT2D eigenvalue weighted by Gasteiger charge is -2.17. The van der Waals surface area contributed by atoms with Crippen LogP contribution in [-0.4, -0.2) is 20.2 Å². The Kier molecular flexibility index (Phi) is 3.17. The molecule has 15 heavy (non-hydrogen) atoms. The second-order valence-electron chi connectivity index (χ2n) is 4.00. The Morgan fingerprint density at radius 3 is 2.87 bits per heavy atom. The molecule has 0 bridgehead atoms. The summed E-state index contributed by atoms with van der Waals surface area (Å²) in [6.45, 7) is 4.10. The first kappa shape index (κ1) is 10.8. The van der Waals surface area contributed by atoms with Crippen LogP contribution in [0, 0.1) is 6.92 Å². The summed E-state index contributed by atoms with van der Waals surface area (Å²) in [6.07, 6.45) is 1.14. The number of aryl methyl sites for hydroxylation is 1. The summed E-state index contributed by atoms with van der Waals surface area (Å²) in [5.74, 6) is 1.41. The van der Waals surface area contributed by atoms with E-state index in [1.165, 1.54) is 5.56 Å². The maximum Gasteiger partial charge on any atom is 0.123 e. The zero-order valence-electron chi connectivity index (χ0n) is 9.14. The summed E-state index contributed by atoms with van der Waals surface area (Å²) in [5, 5.41) is 4.22. The molecule has 0 radical (unpaired) electrons. The van der Waals surface area contributed by atoms with Crippen LogP contribution in [0.1, 0.15) is 23.5 Å². The molecule has 1 aliphatic rings. The lowest BCUT2D eigenvalue weighted by atomic mass is 9.95. The van der Waals surface area contributed by atoms with Gasteiger partial charge in [-0.15, -0.1) is 0 Å². The summed E-state index contributed by atoms with van der Waals surface area (Å²) in [7, 11) is 1.70. The van der Waals surface area contributed by atoms with Gasteiger partial charge < -0.3 is 10.1 Å². The lowest BCUT2D eigenvalue weighted by Crippen LogP contribution is -2.09. The molecule has 1 aromatic rings. The van der Waals surface area contributed by atoms with Crippen molar-refractivity contribution < 1.29 is 4.74 Å². The first-order valence-electron chi connectivity index (χ1n) is 5.27. The van der Waals surface area contributed by atoms with Crippen molar-refractivity contribution in [1.82, 2.24) is 5.32 Å². The maximum atomic E-state index is 6.35. The van der Waals surface area contributed by atoms with E-state index in [2.05, 4.69) is 5.32 Å². The molecule has 0 aliphatic carbocycles. The minimum Gasteiger partial charge on any atom is -0.496 e. The van der Waals surface area contributed by atoms with Gasteiger partial charge in [-0.05, 0) is 31.5 Å². The normalized spacial score (nSPS) is 20.6. The second kappa shape index (κ2) is 4.42. The number of nitrogens with one attached hydrogen (secondary N) is 1. The third-order valence-corrected chi connectivity index (χ3v) is 3.52. The van der Waals surface area contributed by atoms with Gasteiger partial charge in [0.05, 0.1) is 12.1 Å². The Morgan fingerprint density at radius 2 is 2.27 bits per heavy atom. The van der Waals surface area contributed by atoms with Crippen LogP contribution in [0.3, 0.4) is 0 Å². The fourth-order valence-corrected chi connectivity index (χ4v) is 2.45. The number of hydrogen-bond donors (Lipinski definition) is 1. The van der Waals surface area contributed by atoms with Crippen molar-refractivity contribution >= 4 is 11.6 Å². The highest BCUT2D eigenvalue weighted by Crippen LogP contribution is 2.37. The largest absolute Gasteiger partial charge is 0.496 e. The summed E-state index contributed by atoms with van der Waals surface area (Å²) in [4.78, 5) is 0. The average Bonchev–Trinajstić information content (AvgIpc) is 2.75. The second-order valence-corrected chi connectivity index (χ2v) is 4.38. The van der Waals surface area contributed by atoms with Crippen molar-refractivity contribution in [2.45, 2.75) is 19.3 Å². The Bertz CT molecular complexity index is 359. The highest BCUT2D eigenvalue weighted by atomic mass is 35.5. The summed E-state index contributed by atoms with van der Waals surface area (Å²) < 4.78 is 5.38. The molecule has 0 aromatic heterocycles. The topological polar surface area (TPSA) is 21.3 Å². The third-order valence-electron chi connectivity index (χ3n) is 3.02. The maximum absolute atomic E-state index is 6.35. The first-order valence-corrected chi connectivity index (χ1v) is 5.65. The van der Waals surface area contributed by atoms with Crippen LogP contribution in [0.5, 0.6) is 5.75 Å². The van der Waals surface area contributed by atoms with E-state index in [9.17, 15) is 0 Å². The minimum atomic E-state index is 0.493. The van der Waals surface area contributed by atoms with Crippen LogP contribution in [0.4, 0.5) is 0 Å². The highest BCUT2D eigenvalue weighted by Gasteiger charge is 2.23. The highest BCUT2D eigenvalue weighted by molar-refractivity contribution is 6.32. The number of halogens is 1. The Labute approximate surface area is 95.6 Å². The number of hydrogen-bond acceptors (Lipinski definition) is 2. The molecule has 0 spiro atoms. The molecule has 0 saturated carbocycles. The summed E-state index contributed by atoms with van der Waals surface area (Å²) >= 11 is 6.35. The van der Waals surface area contributed by atoms with E-state index in [4.69, 9.17) is 16.3 Å². The van der Waals surface area contributed by atoms with Crippen molar-refractivity contribution in [3.8, 4) is 5.75 Å². The predicted molar refractivity (Wildman–Crippen MR) is 63.0 cm³/mol. The Morgan fingerprint density at radius 1 is 1.47 bits per heavy atom. The molecule has 1 unspecified atom stereocenters. The van der Waals surface area contributed by atoms with Gasteiger partial charge in [0, 0.05) is 18.0 Å². The van der Waals surface area contributed by atoms with Gasteiger partial charge in [0.25, 0.3) is 0 Å². The van der Waals surface area contributed by atoms with Crippen molar-refractivity contribution in [3.05, 3.63) is 28.3 Å². The van der Waals surface area contributed by atoms with Crippen LogP contribution in [0.25, 0.3) is 0 Å². The third kappa shape index (κ3) is 1.97. The van der Waals surface area contributed by atoms with Crippen molar-refractivity contribution in [2.24, 2.45) is 0 Å². The Balaban J connectivity index is 2.45. The van der Waals surface area contributed by atoms with Crippen LogP contribution in [-0.2, 0) is 0 Å². The quantitative estimate of drug-likeness (QED) is 0.836. The van der Waals surface area contributed by atoms with Crippen LogP contribution in [0.15, 0.2) is 12.1 Å². The lowest BCUT2D eigenvalue weighted by molar-refractivity contribution is 0.406. The molecule has 3 heteroatoms. The van der Waals surface area contributed by atoms with E-state index >= 15 is 0 Å². The smallest absolute Gasteiger partial charge is 0.123 e. The number of rotatable bonds is 2. The molecule has 1 aliphatic heterocycles. The van der Waals surface area contributed by atoms with Gasteiger partial charge in [0.1, 0.15) is 5.75 Å². The van der Waals surface area contributed by atoms with Crippen molar-refractivity contribution in [2.75, 3.05) is 20.2 Å². The van der Waals surface area contributed by atoms with Gasteiger partial charge in [0.15, 0.2) is 0 Å². The van der Waals surface area contributed by atoms with E-state index in [0.717, 1.165) is 35.8 Å². The van der Waals surface area contributed by atoms with Crippen LogP contribution >= 0.6 is 11.6 Å². The van der Waals surface area contributed by atoms with Gasteiger partial charge in [-0.3, -0.25) is 0 Å². The molecule has 1 heterocycles. The van der Waals surface area contributed by atoms with Gasteiger partial charge in [-0.1, -0.05) is 17.7 Å². The molecule has 1 atom stereocenters. The molecular weight excluding hydrogens is 210 g/mol. The molecule has 2 rings (SSSR count). The minimum absolute atomic E-state index is 0.493. The van der Waals surface area contributed by atoms with E-state index < -0.39 is 0 Å². The van der Waals surface area contributed by atoms with Crippen molar-refractivity contribution in [3.63, 3.8) is 0 Å². The van der Waals surface area contributed by atoms with Gasteiger partial charge in [0.2, 0.25) is 0 Å². The van der Waals surface area contributed by atoms with Crippen LogP contribution < -0.4 is 10.1 Å². The molecule has 0 amide bonds. The zero-order chi connectivity index (χ0) is 10.8. The summed E-state index contributed by atoms with van der Waals surface area (Å²) in [6, 6.07) is 4.02. The van der Waals surface area contributed by atoms with E-state index in [-0.39, 0.29) is 0 Å². The van der Waals surface area contributed by atoms with Gasteiger partial charge in [-0.25, -0.2) is 0 Å². The molecule has 1 N–H and O–H groups in total. The summed E-state index contributed by atoms with van der Waals surface area (Å²) in [5.41, 5.74) is 2.29. The predicted octanol–water partition coefficient (Wildman–Crippen LogP) is 2.73. The van der Waals surface area contributed by atoms with E-state index in [1.54, 1.807) is 7.11 Å². The van der Waals surface area contributed by atoms with E-state index in [1.807, 2.05) is 19.1 Å². The number of benzene rings is 1. The molecular formula is C12H16ClNO. The standard InChI is InChI=1S/C12H16ClNO/c1-8-3-4-10(15-2)11(12(8)13)9-5-6-14-7-9/h3-4,9,14H,5-7H2,1-2H3.